The molecule has 1 aromatic heterocycles. The van der Waals surface area contributed by atoms with E-state index in [2.05, 4.69) is 20.5 Å². The fourth-order valence-corrected chi connectivity index (χ4v) is 2.11. The fourth-order valence-electron chi connectivity index (χ4n) is 2.11. The lowest BCUT2D eigenvalue weighted by Gasteiger charge is -2.13. The first-order chi connectivity index (χ1) is 10.1. The Morgan fingerprint density at radius 1 is 1.43 bits per heavy atom. The number of rotatable bonds is 6. The molecule has 0 aliphatic carbocycles. The van der Waals surface area contributed by atoms with Crippen LogP contribution in [0.25, 0.3) is 11.4 Å². The Balaban J connectivity index is 2.15. The standard InChI is InChI=1S/C15H21N5O/c1-3-11(9-16)8-14(21)18-13-7-5-4-6-12(13)15-17-10(2)19-20-15/h4-7,11H,3,8-9,16H2,1-2H3,(H,18,21)(H,17,19,20). The van der Waals surface area contributed by atoms with Crippen molar-refractivity contribution in [1.82, 2.24) is 15.2 Å². The van der Waals surface area contributed by atoms with Gasteiger partial charge in [0.2, 0.25) is 5.91 Å². The highest BCUT2D eigenvalue weighted by Crippen LogP contribution is 2.25. The fraction of sp³-hybridized carbons (Fsp3) is 0.400. The second-order valence-corrected chi connectivity index (χ2v) is 5.05. The number of carbonyl (C=O) groups is 1. The number of aromatic amines is 1. The van der Waals surface area contributed by atoms with Gasteiger partial charge in [0.25, 0.3) is 0 Å². The normalized spacial score (nSPS) is 12.1. The zero-order valence-corrected chi connectivity index (χ0v) is 12.4. The monoisotopic (exact) mass is 287 g/mol. The summed E-state index contributed by atoms with van der Waals surface area (Å²) in [6, 6.07) is 7.51. The zero-order chi connectivity index (χ0) is 15.2. The lowest BCUT2D eigenvalue weighted by molar-refractivity contribution is -0.117. The number of H-pyrrole nitrogens is 1. The highest BCUT2D eigenvalue weighted by Gasteiger charge is 2.14. The van der Waals surface area contributed by atoms with Crippen molar-refractivity contribution in [1.29, 1.82) is 0 Å². The van der Waals surface area contributed by atoms with Crippen LogP contribution in [0, 0.1) is 12.8 Å². The third-order valence-corrected chi connectivity index (χ3v) is 3.42. The lowest BCUT2D eigenvalue weighted by Crippen LogP contribution is -2.22. The molecule has 1 unspecified atom stereocenters. The maximum absolute atomic E-state index is 12.1. The number of amides is 1. The molecule has 0 radical (unpaired) electrons. The van der Waals surface area contributed by atoms with Gasteiger partial charge in [-0.15, -0.1) is 0 Å². The first kappa shape index (κ1) is 15.2. The summed E-state index contributed by atoms with van der Waals surface area (Å²) in [7, 11) is 0. The van der Waals surface area contributed by atoms with Gasteiger partial charge in [0.15, 0.2) is 5.82 Å². The van der Waals surface area contributed by atoms with Gasteiger partial charge in [0.05, 0.1) is 5.69 Å². The Bertz CT molecular complexity index is 604. The van der Waals surface area contributed by atoms with Gasteiger partial charge in [-0.2, -0.15) is 5.10 Å². The molecule has 1 heterocycles. The van der Waals surface area contributed by atoms with Gasteiger partial charge in [-0.3, -0.25) is 9.89 Å². The summed E-state index contributed by atoms with van der Waals surface area (Å²) < 4.78 is 0. The largest absolute Gasteiger partial charge is 0.330 e. The van der Waals surface area contributed by atoms with Gasteiger partial charge >= 0.3 is 0 Å². The summed E-state index contributed by atoms with van der Waals surface area (Å²) in [4.78, 5) is 16.4. The van der Waals surface area contributed by atoms with Crippen LogP contribution in [0.3, 0.4) is 0 Å². The quantitative estimate of drug-likeness (QED) is 0.758. The molecule has 21 heavy (non-hydrogen) atoms. The highest BCUT2D eigenvalue weighted by molar-refractivity contribution is 5.94. The Morgan fingerprint density at radius 3 is 2.81 bits per heavy atom. The van der Waals surface area contributed by atoms with E-state index in [4.69, 9.17) is 5.73 Å². The van der Waals surface area contributed by atoms with Crippen molar-refractivity contribution in [3.63, 3.8) is 0 Å². The number of nitrogens with one attached hydrogen (secondary N) is 2. The van der Waals surface area contributed by atoms with E-state index < -0.39 is 0 Å². The molecule has 0 saturated carbocycles. The number of aryl methyl sites for hydroxylation is 1. The van der Waals surface area contributed by atoms with Crippen molar-refractivity contribution in [2.75, 3.05) is 11.9 Å². The molecule has 2 aromatic rings. The van der Waals surface area contributed by atoms with E-state index in [0.717, 1.165) is 17.8 Å². The van der Waals surface area contributed by atoms with Crippen molar-refractivity contribution < 1.29 is 4.79 Å². The molecule has 6 nitrogen and oxygen atoms in total. The topological polar surface area (TPSA) is 96.7 Å². The number of nitrogens with two attached hydrogens (primary N) is 1. The molecule has 1 amide bonds. The molecule has 2 rings (SSSR count). The molecule has 0 spiro atoms. The summed E-state index contributed by atoms with van der Waals surface area (Å²) in [6.07, 6.45) is 1.32. The van der Waals surface area contributed by atoms with Crippen LogP contribution >= 0.6 is 0 Å². The van der Waals surface area contributed by atoms with Crippen LogP contribution in [0.2, 0.25) is 0 Å². The lowest BCUT2D eigenvalue weighted by atomic mass is 10.0. The number of benzene rings is 1. The first-order valence-corrected chi connectivity index (χ1v) is 7.12. The van der Waals surface area contributed by atoms with E-state index in [9.17, 15) is 4.79 Å². The SMILES string of the molecule is CCC(CN)CC(=O)Nc1ccccc1-c1n[nH]c(C)n1. The molecule has 4 N–H and O–H groups in total. The molecule has 0 aliphatic rings. The molecular formula is C15H21N5O. The highest BCUT2D eigenvalue weighted by atomic mass is 16.1. The van der Waals surface area contributed by atoms with Crippen LogP contribution in [-0.2, 0) is 4.79 Å². The van der Waals surface area contributed by atoms with Crippen molar-refractivity contribution in [3.05, 3.63) is 30.1 Å². The molecule has 0 bridgehead atoms. The van der Waals surface area contributed by atoms with Gasteiger partial charge in [0, 0.05) is 12.0 Å². The van der Waals surface area contributed by atoms with Gasteiger partial charge in [-0.1, -0.05) is 25.5 Å². The molecule has 1 aromatic carbocycles. The zero-order valence-electron chi connectivity index (χ0n) is 12.4. The second-order valence-electron chi connectivity index (χ2n) is 5.05. The average Bonchev–Trinajstić information content (AvgIpc) is 2.91. The summed E-state index contributed by atoms with van der Waals surface area (Å²) in [6.45, 7) is 4.39. The molecule has 0 fully saturated rings. The van der Waals surface area contributed by atoms with Crippen molar-refractivity contribution in [2.45, 2.75) is 26.7 Å². The van der Waals surface area contributed by atoms with Crippen LogP contribution in [-0.4, -0.2) is 27.6 Å². The Morgan fingerprint density at radius 2 is 2.19 bits per heavy atom. The number of anilines is 1. The van der Waals surface area contributed by atoms with E-state index in [1.165, 1.54) is 0 Å². The molecular weight excluding hydrogens is 266 g/mol. The number of hydrogen-bond acceptors (Lipinski definition) is 4. The van der Waals surface area contributed by atoms with E-state index in [0.29, 0.717) is 24.5 Å². The number of hydrogen-bond donors (Lipinski definition) is 3. The van der Waals surface area contributed by atoms with Gasteiger partial charge in [0.1, 0.15) is 5.82 Å². The van der Waals surface area contributed by atoms with Gasteiger partial charge < -0.3 is 11.1 Å². The smallest absolute Gasteiger partial charge is 0.224 e. The number of nitrogens with zero attached hydrogens (tertiary/aromatic N) is 2. The second kappa shape index (κ2) is 6.99. The molecule has 0 aliphatic heterocycles. The number of aromatic nitrogens is 3. The van der Waals surface area contributed by atoms with Gasteiger partial charge in [-0.25, -0.2) is 4.98 Å². The minimum atomic E-state index is -0.0352. The maximum atomic E-state index is 12.1. The maximum Gasteiger partial charge on any atom is 0.224 e. The molecule has 0 saturated heterocycles. The summed E-state index contributed by atoms with van der Waals surface area (Å²) in [5.41, 5.74) is 7.16. The van der Waals surface area contributed by atoms with E-state index in [1.54, 1.807) is 0 Å². The minimum Gasteiger partial charge on any atom is -0.330 e. The summed E-state index contributed by atoms with van der Waals surface area (Å²) in [5.74, 6) is 1.49. The van der Waals surface area contributed by atoms with E-state index in [1.807, 2.05) is 38.1 Å². The van der Waals surface area contributed by atoms with Crippen LogP contribution in [0.4, 0.5) is 5.69 Å². The summed E-state index contributed by atoms with van der Waals surface area (Å²) >= 11 is 0. The van der Waals surface area contributed by atoms with Crippen molar-refractivity contribution in [2.24, 2.45) is 11.7 Å². The van der Waals surface area contributed by atoms with Crippen LogP contribution in [0.5, 0.6) is 0 Å². The predicted octanol–water partition coefficient (Wildman–Crippen LogP) is 2.09. The molecule has 112 valence electrons. The third-order valence-electron chi connectivity index (χ3n) is 3.42. The van der Waals surface area contributed by atoms with Crippen LogP contribution < -0.4 is 11.1 Å². The number of para-hydroxylation sites is 1. The van der Waals surface area contributed by atoms with Gasteiger partial charge in [-0.05, 0) is 31.5 Å². The predicted molar refractivity (Wildman–Crippen MR) is 82.6 cm³/mol. The van der Waals surface area contributed by atoms with E-state index in [-0.39, 0.29) is 11.8 Å². The molecule has 1 atom stereocenters. The van der Waals surface area contributed by atoms with Crippen molar-refractivity contribution >= 4 is 11.6 Å². The third kappa shape index (κ3) is 3.88. The van der Waals surface area contributed by atoms with Crippen molar-refractivity contribution in [3.8, 4) is 11.4 Å². The average molecular weight is 287 g/mol. The minimum absolute atomic E-state index is 0.0352. The summed E-state index contributed by atoms with van der Waals surface area (Å²) in [5, 5.41) is 9.88. The Kier molecular flexibility index (Phi) is 5.05. The molecule has 6 heteroatoms. The Hall–Kier alpha value is -2.21. The Labute approximate surface area is 124 Å². The first-order valence-electron chi connectivity index (χ1n) is 7.12. The van der Waals surface area contributed by atoms with E-state index >= 15 is 0 Å². The van der Waals surface area contributed by atoms with Crippen LogP contribution in [0.1, 0.15) is 25.6 Å². The number of carbonyl (C=O) groups excluding carboxylic acids is 1. The van der Waals surface area contributed by atoms with Crippen LogP contribution in [0.15, 0.2) is 24.3 Å².